The number of hydrogen-bond donors (Lipinski definition) is 1. The second kappa shape index (κ2) is 8.59. The van der Waals surface area contributed by atoms with Gasteiger partial charge in [-0.05, 0) is 63.1 Å². The van der Waals surface area contributed by atoms with Crippen LogP contribution >= 0.6 is 11.3 Å². The van der Waals surface area contributed by atoms with E-state index in [1.165, 1.54) is 16.2 Å². The number of aliphatic hydroxyl groups is 1. The molecular weight excluding hydrogens is 424 g/mol. The van der Waals surface area contributed by atoms with Gasteiger partial charge in [0.25, 0.3) is 5.91 Å². The van der Waals surface area contributed by atoms with Crippen molar-refractivity contribution in [3.63, 3.8) is 0 Å². The fraction of sp³-hybridized carbons (Fsp3) is 0.240. The number of ether oxygens (including phenoxy) is 1. The first-order chi connectivity index (χ1) is 15.3. The van der Waals surface area contributed by atoms with Crippen LogP contribution in [-0.4, -0.2) is 28.4 Å². The van der Waals surface area contributed by atoms with Gasteiger partial charge in [0.05, 0.1) is 33.8 Å². The molecule has 0 bridgehead atoms. The summed E-state index contributed by atoms with van der Waals surface area (Å²) in [6, 6.07) is 13.9. The first-order valence-electron chi connectivity index (χ1n) is 10.4. The molecule has 0 saturated carbocycles. The number of ketones is 1. The number of thiazole rings is 1. The van der Waals surface area contributed by atoms with E-state index >= 15 is 0 Å². The third kappa shape index (κ3) is 3.80. The standard InChI is InChI=1S/C25H24N2O4S/c1-5-31-19-11-9-17(10-12-19)21-20(22(28)24-15(3)26-16(4)32-24)23(29)25(30)27(21)18-8-6-7-14(2)13-18/h6-13,21,29H,5H2,1-4H3. The molecule has 0 radical (unpaired) electrons. The average Bonchev–Trinajstić information content (AvgIpc) is 3.24. The Morgan fingerprint density at radius 3 is 2.47 bits per heavy atom. The SMILES string of the molecule is CCOc1ccc(C2C(C(=O)c3sc(C)nc3C)=C(O)C(=O)N2c2cccc(C)c2)cc1. The van der Waals surface area contributed by atoms with Gasteiger partial charge in [-0.1, -0.05) is 24.3 Å². The maximum Gasteiger partial charge on any atom is 0.294 e. The normalized spacial score (nSPS) is 16.1. The minimum absolute atomic E-state index is 0.0624. The lowest BCUT2D eigenvalue weighted by molar-refractivity contribution is -0.117. The second-order valence-electron chi connectivity index (χ2n) is 7.66. The summed E-state index contributed by atoms with van der Waals surface area (Å²) in [5, 5.41) is 11.6. The molecule has 0 fully saturated rings. The van der Waals surface area contributed by atoms with E-state index in [9.17, 15) is 14.7 Å². The Morgan fingerprint density at radius 2 is 1.88 bits per heavy atom. The van der Waals surface area contributed by atoms with Gasteiger partial charge in [0, 0.05) is 5.69 Å². The van der Waals surface area contributed by atoms with Gasteiger partial charge in [0.1, 0.15) is 5.75 Å². The summed E-state index contributed by atoms with van der Waals surface area (Å²) in [6.07, 6.45) is 0. The Kier molecular flexibility index (Phi) is 5.84. The van der Waals surface area contributed by atoms with Gasteiger partial charge >= 0.3 is 0 Å². The van der Waals surface area contributed by atoms with Gasteiger partial charge in [0.15, 0.2) is 5.76 Å². The van der Waals surface area contributed by atoms with Crippen LogP contribution in [0.15, 0.2) is 59.9 Å². The molecule has 1 atom stereocenters. The Morgan fingerprint density at radius 1 is 1.16 bits per heavy atom. The number of amides is 1. The summed E-state index contributed by atoms with van der Waals surface area (Å²) in [4.78, 5) is 33.1. The molecule has 2 aromatic carbocycles. The van der Waals surface area contributed by atoms with Crippen molar-refractivity contribution in [2.45, 2.75) is 33.7 Å². The molecule has 1 amide bonds. The van der Waals surface area contributed by atoms with Crippen LogP contribution in [0.4, 0.5) is 5.69 Å². The number of anilines is 1. The zero-order chi connectivity index (χ0) is 23.0. The van der Waals surface area contributed by atoms with Crippen molar-refractivity contribution in [1.29, 1.82) is 0 Å². The predicted octanol–water partition coefficient (Wildman–Crippen LogP) is 5.25. The van der Waals surface area contributed by atoms with Gasteiger partial charge in [-0.15, -0.1) is 11.3 Å². The Labute approximate surface area is 190 Å². The molecule has 1 aliphatic heterocycles. The Balaban J connectivity index is 1.87. The molecule has 4 rings (SSSR count). The fourth-order valence-electron chi connectivity index (χ4n) is 3.97. The highest BCUT2D eigenvalue weighted by atomic mass is 32.1. The highest BCUT2D eigenvalue weighted by molar-refractivity contribution is 7.14. The molecule has 0 saturated heterocycles. The van der Waals surface area contributed by atoms with Crippen molar-refractivity contribution in [3.05, 3.63) is 86.6 Å². The third-order valence-corrected chi connectivity index (χ3v) is 6.42. The number of carbonyl (C=O) groups excluding carboxylic acids is 2. The average molecular weight is 449 g/mol. The van der Waals surface area contributed by atoms with Gasteiger partial charge in [0.2, 0.25) is 5.78 Å². The van der Waals surface area contributed by atoms with Gasteiger partial charge < -0.3 is 9.84 Å². The highest BCUT2D eigenvalue weighted by Gasteiger charge is 2.45. The van der Waals surface area contributed by atoms with E-state index in [0.717, 1.165) is 10.6 Å². The molecule has 1 aromatic heterocycles. The smallest absolute Gasteiger partial charge is 0.294 e. The van der Waals surface area contributed by atoms with Gasteiger partial charge in [-0.3, -0.25) is 14.5 Å². The molecule has 6 nitrogen and oxygen atoms in total. The summed E-state index contributed by atoms with van der Waals surface area (Å²) < 4.78 is 5.54. The number of aromatic nitrogens is 1. The fourth-order valence-corrected chi connectivity index (χ4v) is 4.85. The molecule has 1 aliphatic rings. The van der Waals surface area contributed by atoms with Crippen LogP contribution in [0.2, 0.25) is 0 Å². The predicted molar refractivity (Wildman–Crippen MR) is 125 cm³/mol. The number of carbonyl (C=O) groups is 2. The molecule has 0 aliphatic carbocycles. The van der Waals surface area contributed by atoms with E-state index in [1.54, 1.807) is 25.1 Å². The minimum atomic E-state index is -0.769. The third-order valence-electron chi connectivity index (χ3n) is 5.35. The summed E-state index contributed by atoms with van der Waals surface area (Å²) in [7, 11) is 0. The summed E-state index contributed by atoms with van der Waals surface area (Å²) >= 11 is 1.26. The van der Waals surface area contributed by atoms with Crippen molar-refractivity contribution in [2.24, 2.45) is 0 Å². The van der Waals surface area contributed by atoms with Crippen LogP contribution in [0.5, 0.6) is 5.75 Å². The van der Waals surface area contributed by atoms with Crippen molar-refractivity contribution < 1.29 is 19.4 Å². The van der Waals surface area contributed by atoms with E-state index in [0.29, 0.717) is 34.2 Å². The molecule has 3 aromatic rings. The zero-order valence-electron chi connectivity index (χ0n) is 18.4. The Hall–Kier alpha value is -3.45. The maximum absolute atomic E-state index is 13.6. The van der Waals surface area contributed by atoms with E-state index in [-0.39, 0.29) is 11.4 Å². The number of aryl methyl sites for hydroxylation is 3. The quantitative estimate of drug-likeness (QED) is 0.521. The largest absolute Gasteiger partial charge is 0.503 e. The number of nitrogens with zero attached hydrogens (tertiary/aromatic N) is 2. The monoisotopic (exact) mass is 448 g/mol. The van der Waals surface area contributed by atoms with Crippen LogP contribution in [0.25, 0.3) is 0 Å². The lowest BCUT2D eigenvalue weighted by Gasteiger charge is -2.27. The molecule has 32 heavy (non-hydrogen) atoms. The number of benzene rings is 2. The number of Topliss-reactive ketones (excluding diaryl/α,β-unsaturated/α-hetero) is 1. The topological polar surface area (TPSA) is 79.7 Å². The van der Waals surface area contributed by atoms with Gasteiger partial charge in [-0.2, -0.15) is 0 Å². The molecule has 0 spiro atoms. The number of aliphatic hydroxyl groups excluding tert-OH is 1. The molecule has 2 heterocycles. The molecule has 1 N–H and O–H groups in total. The van der Waals surface area contributed by atoms with Crippen molar-refractivity contribution in [3.8, 4) is 5.75 Å². The highest BCUT2D eigenvalue weighted by Crippen LogP contribution is 2.43. The first kappa shape index (κ1) is 21.8. The second-order valence-corrected chi connectivity index (χ2v) is 8.86. The zero-order valence-corrected chi connectivity index (χ0v) is 19.2. The number of rotatable bonds is 6. The van der Waals surface area contributed by atoms with Crippen LogP contribution < -0.4 is 9.64 Å². The van der Waals surface area contributed by atoms with Crippen LogP contribution in [0, 0.1) is 20.8 Å². The molecule has 164 valence electrons. The Bertz CT molecular complexity index is 1230. The van der Waals surface area contributed by atoms with Crippen molar-refractivity contribution in [2.75, 3.05) is 11.5 Å². The van der Waals surface area contributed by atoms with E-state index < -0.39 is 17.7 Å². The summed E-state index contributed by atoms with van der Waals surface area (Å²) in [5.41, 5.74) is 2.93. The number of hydrogen-bond acceptors (Lipinski definition) is 6. The van der Waals surface area contributed by atoms with Crippen molar-refractivity contribution >= 4 is 28.7 Å². The maximum atomic E-state index is 13.6. The lowest BCUT2D eigenvalue weighted by Crippen LogP contribution is -2.31. The minimum Gasteiger partial charge on any atom is -0.503 e. The van der Waals surface area contributed by atoms with Crippen LogP contribution in [0.1, 0.15) is 44.5 Å². The van der Waals surface area contributed by atoms with E-state index in [2.05, 4.69) is 4.98 Å². The van der Waals surface area contributed by atoms with Gasteiger partial charge in [-0.25, -0.2) is 4.98 Å². The molecule has 7 heteroatoms. The van der Waals surface area contributed by atoms with Crippen LogP contribution in [-0.2, 0) is 4.79 Å². The molecular formula is C25H24N2O4S. The lowest BCUT2D eigenvalue weighted by atomic mass is 9.94. The molecule has 1 unspecified atom stereocenters. The van der Waals surface area contributed by atoms with E-state index in [1.807, 2.05) is 51.1 Å². The van der Waals surface area contributed by atoms with Crippen LogP contribution in [0.3, 0.4) is 0 Å². The summed E-state index contributed by atoms with van der Waals surface area (Å²) in [5.74, 6) is -0.816. The van der Waals surface area contributed by atoms with Crippen molar-refractivity contribution in [1.82, 2.24) is 4.98 Å². The van der Waals surface area contributed by atoms with E-state index in [4.69, 9.17) is 4.74 Å². The summed E-state index contributed by atoms with van der Waals surface area (Å²) in [6.45, 7) is 7.95. The first-order valence-corrected chi connectivity index (χ1v) is 11.2.